The number of aromatic amines is 1. The van der Waals surface area contributed by atoms with E-state index in [1.54, 1.807) is 35.7 Å². The minimum Gasteiger partial charge on any atom is -0.391 e. The Kier molecular flexibility index (Phi) is 11.3. The Morgan fingerprint density at radius 3 is 2.47 bits per heavy atom. The largest absolute Gasteiger partial charge is 0.391 e. The normalized spacial score (nSPS) is 23.7. The molecule has 336 valence electrons. The van der Waals surface area contributed by atoms with Crippen molar-refractivity contribution in [3.63, 3.8) is 0 Å². The van der Waals surface area contributed by atoms with E-state index in [-0.39, 0.29) is 67.6 Å². The first-order valence-corrected chi connectivity index (χ1v) is 22.4. The Morgan fingerprint density at radius 2 is 1.78 bits per heavy atom. The van der Waals surface area contributed by atoms with Crippen LogP contribution >= 0.6 is 15.9 Å². The zero-order valence-corrected chi connectivity index (χ0v) is 37.4. The molecule has 3 fully saturated rings. The van der Waals surface area contributed by atoms with Crippen LogP contribution in [0.2, 0.25) is 0 Å². The van der Waals surface area contributed by atoms with Crippen LogP contribution < -0.4 is 10.6 Å². The number of anilines is 1. The third-order valence-corrected chi connectivity index (χ3v) is 14.2. The monoisotopic (exact) mass is 941 g/mol. The van der Waals surface area contributed by atoms with E-state index < -0.39 is 53.2 Å². The SMILES string of the molecule is Cc1cc(C(C(=O)N2C[C@H](O)C[C@H]2C(=O)N[C@@H](CC(=O)N2CC([C@H](c3ccccc3)n3cc(NC(=O)c4n[nH]c5c4CC4C(F)(F)C4(C)C5)cn3)C2)c2ccc(Br)cc2)C(C)C)on1. The summed E-state index contributed by atoms with van der Waals surface area (Å²) in [7, 11) is 0. The van der Waals surface area contributed by atoms with Gasteiger partial charge in [-0.25, -0.2) is 8.78 Å². The molecule has 2 aromatic carbocycles. The fourth-order valence-corrected chi connectivity index (χ4v) is 10.3. The van der Waals surface area contributed by atoms with Crippen molar-refractivity contribution in [1.82, 2.24) is 40.3 Å². The van der Waals surface area contributed by atoms with E-state index in [0.29, 0.717) is 47.1 Å². The molecule has 5 aromatic rings. The Labute approximate surface area is 376 Å². The maximum Gasteiger partial charge on any atom is 0.276 e. The van der Waals surface area contributed by atoms with Crippen molar-refractivity contribution in [3.8, 4) is 0 Å². The number of nitrogens with zero attached hydrogens (tertiary/aromatic N) is 6. The number of amides is 4. The zero-order valence-electron chi connectivity index (χ0n) is 35.8. The van der Waals surface area contributed by atoms with Gasteiger partial charge < -0.3 is 30.1 Å². The van der Waals surface area contributed by atoms with Crippen LogP contribution in [0.5, 0.6) is 0 Å². The van der Waals surface area contributed by atoms with E-state index in [4.69, 9.17) is 4.52 Å². The lowest BCUT2D eigenvalue weighted by molar-refractivity contribution is -0.142. The first-order valence-electron chi connectivity index (χ1n) is 21.6. The molecule has 0 bridgehead atoms. The molecule has 5 heterocycles. The third-order valence-electron chi connectivity index (χ3n) is 13.7. The lowest BCUT2D eigenvalue weighted by Crippen LogP contribution is -2.54. The Bertz CT molecular complexity index is 2570. The van der Waals surface area contributed by atoms with Crippen LogP contribution in [0.1, 0.15) is 95.9 Å². The third kappa shape index (κ3) is 7.92. The molecule has 2 aliphatic heterocycles. The average Bonchev–Trinajstić information content (AvgIpc) is 3.95. The summed E-state index contributed by atoms with van der Waals surface area (Å²) >= 11 is 3.47. The molecular weight excluding hydrogens is 892 g/mol. The van der Waals surface area contributed by atoms with E-state index >= 15 is 0 Å². The highest BCUT2D eigenvalue weighted by Crippen LogP contribution is 2.70. The van der Waals surface area contributed by atoms with Gasteiger partial charge in [-0.15, -0.1) is 0 Å². The van der Waals surface area contributed by atoms with E-state index in [1.165, 1.54) is 11.1 Å². The molecule has 0 radical (unpaired) electrons. The molecule has 18 heteroatoms. The van der Waals surface area contributed by atoms with Crippen LogP contribution in [0.4, 0.5) is 14.5 Å². The summed E-state index contributed by atoms with van der Waals surface area (Å²) in [5, 5.41) is 32.3. The molecule has 2 aliphatic carbocycles. The van der Waals surface area contributed by atoms with Crippen LogP contribution in [0.25, 0.3) is 0 Å². The molecule has 1 saturated carbocycles. The fourth-order valence-electron chi connectivity index (χ4n) is 10.0. The number of β-amino-alcohol motifs (C(OH)–C–C–N with tert-alkyl or cyclic N) is 1. The Balaban J connectivity index is 0.879. The number of nitrogens with one attached hydrogen (secondary N) is 3. The van der Waals surface area contributed by atoms with E-state index in [1.807, 2.05) is 68.4 Å². The fraction of sp³-hybridized carbons (Fsp3) is 0.457. The number of aromatic nitrogens is 5. The van der Waals surface area contributed by atoms with Gasteiger partial charge >= 0.3 is 0 Å². The number of hydrogen-bond donors (Lipinski definition) is 4. The quantitative estimate of drug-likeness (QED) is 0.110. The number of hydrogen-bond acceptors (Lipinski definition) is 9. The van der Waals surface area contributed by atoms with Crippen LogP contribution in [0.3, 0.4) is 0 Å². The number of aliphatic hydroxyl groups is 1. The van der Waals surface area contributed by atoms with Crippen LogP contribution in [-0.2, 0) is 27.2 Å². The second-order valence-corrected chi connectivity index (χ2v) is 19.3. The molecule has 2 saturated heterocycles. The highest BCUT2D eigenvalue weighted by atomic mass is 79.9. The minimum atomic E-state index is -2.78. The number of benzene rings is 2. The highest BCUT2D eigenvalue weighted by Gasteiger charge is 2.78. The van der Waals surface area contributed by atoms with Crippen LogP contribution in [-0.4, -0.2) is 101 Å². The number of carbonyl (C=O) groups excluding carboxylic acids is 4. The second-order valence-electron chi connectivity index (χ2n) is 18.4. The van der Waals surface area contributed by atoms with E-state index in [9.17, 15) is 33.1 Å². The summed E-state index contributed by atoms with van der Waals surface area (Å²) in [6.07, 6.45) is 2.53. The number of halogens is 3. The predicted octanol–water partition coefficient (Wildman–Crippen LogP) is 5.98. The molecule has 4 N–H and O–H groups in total. The lowest BCUT2D eigenvalue weighted by Gasteiger charge is -2.44. The van der Waals surface area contributed by atoms with Crippen molar-refractivity contribution < 1.29 is 37.6 Å². The van der Waals surface area contributed by atoms with Gasteiger partial charge in [-0.3, -0.25) is 29.0 Å². The Morgan fingerprint density at radius 1 is 1.05 bits per heavy atom. The number of H-pyrrole nitrogens is 1. The van der Waals surface area contributed by atoms with Crippen molar-refractivity contribution in [2.24, 2.45) is 23.2 Å². The number of likely N-dealkylation sites (tertiary alicyclic amines) is 2. The van der Waals surface area contributed by atoms with Gasteiger partial charge in [0.15, 0.2) is 5.69 Å². The average molecular weight is 943 g/mol. The van der Waals surface area contributed by atoms with Crippen molar-refractivity contribution in [2.45, 2.75) is 89.4 Å². The van der Waals surface area contributed by atoms with Crippen molar-refractivity contribution >= 4 is 45.2 Å². The molecule has 9 rings (SSSR count). The second kappa shape index (κ2) is 16.7. The van der Waals surface area contributed by atoms with Gasteiger partial charge in [-0.1, -0.05) is 84.3 Å². The van der Waals surface area contributed by atoms with Crippen molar-refractivity contribution in [3.05, 3.63) is 117 Å². The van der Waals surface area contributed by atoms with E-state index in [2.05, 4.69) is 47.0 Å². The first-order chi connectivity index (χ1) is 30.5. The number of fused-ring (bicyclic) bond motifs is 2. The van der Waals surface area contributed by atoms with Crippen molar-refractivity contribution in [1.29, 1.82) is 0 Å². The highest BCUT2D eigenvalue weighted by molar-refractivity contribution is 9.10. The van der Waals surface area contributed by atoms with Gasteiger partial charge in [-0.2, -0.15) is 10.2 Å². The van der Waals surface area contributed by atoms with Crippen LogP contribution in [0, 0.1) is 30.1 Å². The topological polar surface area (TPSA) is 192 Å². The van der Waals surface area contributed by atoms with Gasteiger partial charge in [0.05, 0.1) is 42.2 Å². The van der Waals surface area contributed by atoms with Gasteiger partial charge in [0.1, 0.15) is 17.7 Å². The molecule has 15 nitrogen and oxygen atoms in total. The maximum absolute atomic E-state index is 14.6. The molecule has 4 aliphatic rings. The number of aliphatic hydroxyl groups excluding tert-OH is 1. The van der Waals surface area contributed by atoms with Crippen LogP contribution in [0.15, 0.2) is 82.1 Å². The molecule has 3 unspecified atom stereocenters. The number of rotatable bonds is 13. The van der Waals surface area contributed by atoms with Crippen molar-refractivity contribution in [2.75, 3.05) is 25.0 Å². The summed E-state index contributed by atoms with van der Waals surface area (Å²) in [5.74, 6) is -5.68. The van der Waals surface area contributed by atoms with Gasteiger partial charge in [0.25, 0.3) is 11.8 Å². The summed E-state index contributed by atoms with van der Waals surface area (Å²) in [5.41, 5.74) is 2.76. The molecular formula is C46H50BrF2N9O6. The Hall–Kier alpha value is -5.75. The maximum atomic E-state index is 14.6. The summed E-state index contributed by atoms with van der Waals surface area (Å²) in [6, 6.07) is 16.7. The molecule has 0 spiro atoms. The summed E-state index contributed by atoms with van der Waals surface area (Å²) in [6.45, 7) is 7.87. The molecule has 4 amide bonds. The zero-order chi connectivity index (χ0) is 45.2. The number of alkyl halides is 2. The summed E-state index contributed by atoms with van der Waals surface area (Å²) < 4.78 is 37.2. The lowest BCUT2D eigenvalue weighted by atomic mass is 9.86. The molecule has 7 atom stereocenters. The smallest absolute Gasteiger partial charge is 0.276 e. The predicted molar refractivity (Wildman–Crippen MR) is 232 cm³/mol. The van der Waals surface area contributed by atoms with Gasteiger partial charge in [0, 0.05) is 77.7 Å². The standard InChI is InChI=1S/C46H50BrF2N9O6/c1-24(2)39(36-14-25(3)55-64-36)44(63)57-23-31(59)15-35(57)42(61)52-33(26-10-12-29(47)13-11-26)17-38(60)56-20-28(21-56)41(27-8-6-5-7-9-27)58-22-30(19-50-58)51-43(62)40-32-16-37-45(4,46(37,48)49)18-34(32)53-54-40/h5-14,19,22,24,28,31,33,35,37,39,41,59H,15-18,20-21,23H2,1-4H3,(H,51,62)(H,52,61)(H,53,54)/t31-,33+,35+,37?,39?,41+,45?/m1/s1. The summed E-state index contributed by atoms with van der Waals surface area (Å²) in [4.78, 5) is 59.0. The first kappa shape index (κ1) is 43.5. The van der Waals surface area contributed by atoms with Gasteiger partial charge in [-0.05, 0) is 42.5 Å². The van der Waals surface area contributed by atoms with Gasteiger partial charge in [0.2, 0.25) is 17.7 Å². The molecule has 64 heavy (non-hydrogen) atoms. The van der Waals surface area contributed by atoms with E-state index in [0.717, 1.165) is 10.0 Å². The number of carbonyl (C=O) groups is 4. The molecule has 3 aromatic heterocycles. The minimum absolute atomic E-state index is 0.0212. The number of aryl methyl sites for hydroxylation is 1.